The lowest BCUT2D eigenvalue weighted by molar-refractivity contribution is -0.169. The molecule has 5 fully saturated rings. The molecule has 258 valence electrons. The van der Waals surface area contributed by atoms with Crippen LogP contribution < -0.4 is 11.1 Å². The molecule has 5 saturated carbocycles. The average Bonchev–Trinajstić information content (AvgIpc) is 3.65. The summed E-state index contributed by atoms with van der Waals surface area (Å²) < 4.78 is 0. The van der Waals surface area contributed by atoms with Crippen molar-refractivity contribution < 1.29 is 39.9 Å². The SMILES string of the molecule is C[C@@H]1c2ccc(Nc3nc(C4C5CC6CC7CC4C5(C6)C7)cs3)c(O)c2C(O)=C2C(=O)[C@@]3(O)C(O)=C(C(N)=O)C(=O)[C@H](N(C)C)[C@H]3[C@H](O)[C@H]21. The Morgan fingerprint density at radius 3 is 2.37 bits per heavy atom. The van der Waals surface area contributed by atoms with Crippen molar-refractivity contribution in [3.63, 3.8) is 0 Å². The Labute approximate surface area is 286 Å². The van der Waals surface area contributed by atoms with Crippen LogP contribution in [0.3, 0.4) is 0 Å². The number of primary amides is 1. The number of nitrogens with one attached hydrogen (secondary N) is 1. The number of anilines is 2. The number of hydrogen-bond donors (Lipinski definition) is 7. The van der Waals surface area contributed by atoms with Crippen LogP contribution in [0.5, 0.6) is 5.75 Å². The van der Waals surface area contributed by atoms with E-state index in [9.17, 15) is 39.9 Å². The lowest BCUT2D eigenvalue weighted by Crippen LogP contribution is -2.70. The molecular formula is C36H40N4O8S. The third-order valence-corrected chi connectivity index (χ3v) is 14.5. The molecule has 0 aliphatic heterocycles. The van der Waals surface area contributed by atoms with Crippen molar-refractivity contribution in [3.05, 3.63) is 51.2 Å². The van der Waals surface area contributed by atoms with Crippen LogP contribution in [0.15, 0.2) is 34.4 Å². The zero-order chi connectivity index (χ0) is 34.6. The number of aromatic hydroxyl groups is 1. The van der Waals surface area contributed by atoms with Crippen LogP contribution in [0.1, 0.15) is 67.7 Å². The smallest absolute Gasteiger partial charge is 0.255 e. The van der Waals surface area contributed by atoms with Crippen LogP contribution in [-0.4, -0.2) is 84.7 Å². The van der Waals surface area contributed by atoms with Gasteiger partial charge in [0.2, 0.25) is 5.78 Å². The van der Waals surface area contributed by atoms with Crippen molar-refractivity contribution in [2.75, 3.05) is 19.4 Å². The van der Waals surface area contributed by atoms with Crippen molar-refractivity contribution in [2.45, 2.75) is 68.6 Å². The highest BCUT2D eigenvalue weighted by atomic mass is 32.1. The fraction of sp³-hybridized carbons (Fsp3) is 0.556. The first-order chi connectivity index (χ1) is 23.2. The molecule has 7 aliphatic rings. The van der Waals surface area contributed by atoms with Crippen molar-refractivity contribution in [3.8, 4) is 5.75 Å². The van der Waals surface area contributed by atoms with E-state index in [1.807, 2.05) is 0 Å². The summed E-state index contributed by atoms with van der Waals surface area (Å²) >= 11 is 1.45. The van der Waals surface area contributed by atoms with Gasteiger partial charge in [0.05, 0.1) is 35.0 Å². The molecule has 49 heavy (non-hydrogen) atoms. The third kappa shape index (κ3) is 3.69. The van der Waals surface area contributed by atoms with Crippen LogP contribution >= 0.6 is 11.3 Å². The van der Waals surface area contributed by atoms with Crippen molar-refractivity contribution >= 4 is 45.4 Å². The highest BCUT2D eigenvalue weighted by molar-refractivity contribution is 7.13. The van der Waals surface area contributed by atoms with Gasteiger partial charge in [0.15, 0.2) is 16.5 Å². The number of fused-ring (bicyclic) bond motifs is 5. The molecule has 0 radical (unpaired) electrons. The second kappa shape index (κ2) is 9.93. The number of phenolic OH excluding ortho intramolecular Hbond substituents is 1. The van der Waals surface area contributed by atoms with Gasteiger partial charge in [-0.1, -0.05) is 13.0 Å². The third-order valence-electron chi connectivity index (χ3n) is 13.8. The number of carbonyl (C=O) groups excluding carboxylic acids is 3. The second-order valence-electron chi connectivity index (χ2n) is 16.0. The summed E-state index contributed by atoms with van der Waals surface area (Å²) in [4.78, 5) is 46.3. The Morgan fingerprint density at radius 1 is 1.06 bits per heavy atom. The molecule has 1 aromatic heterocycles. The van der Waals surface area contributed by atoms with E-state index in [-0.39, 0.29) is 17.0 Å². The van der Waals surface area contributed by atoms with Gasteiger partial charge in [-0.3, -0.25) is 19.3 Å². The summed E-state index contributed by atoms with van der Waals surface area (Å²) in [6, 6.07) is 1.96. The van der Waals surface area contributed by atoms with Crippen LogP contribution in [-0.2, 0) is 14.4 Å². The molecule has 12 nitrogen and oxygen atoms in total. The van der Waals surface area contributed by atoms with Gasteiger partial charge >= 0.3 is 0 Å². The molecular weight excluding hydrogens is 648 g/mol. The molecule has 0 saturated heterocycles. The molecule has 8 N–H and O–H groups in total. The van der Waals surface area contributed by atoms with E-state index in [1.54, 1.807) is 19.1 Å². The van der Waals surface area contributed by atoms with Gasteiger partial charge in [0.25, 0.3) is 5.91 Å². The quantitative estimate of drug-likeness (QED) is 0.179. The number of aromatic nitrogens is 1. The molecule has 10 atom stereocenters. The van der Waals surface area contributed by atoms with E-state index in [2.05, 4.69) is 10.7 Å². The van der Waals surface area contributed by atoms with E-state index >= 15 is 0 Å². The number of Topliss-reactive ketones (excluding diaryl/α,β-unsaturated/α-hetero) is 2. The summed E-state index contributed by atoms with van der Waals surface area (Å²) in [5.41, 5.74) is 3.35. The normalized spacial score (nSPS) is 41.4. The van der Waals surface area contributed by atoms with E-state index in [0.717, 1.165) is 17.5 Å². The largest absolute Gasteiger partial charge is 0.508 e. The van der Waals surface area contributed by atoms with Gasteiger partial charge in [-0.05, 0) is 92.8 Å². The summed E-state index contributed by atoms with van der Waals surface area (Å²) in [7, 11) is 2.96. The first-order valence-corrected chi connectivity index (χ1v) is 18.0. The Balaban J connectivity index is 1.08. The van der Waals surface area contributed by atoms with E-state index in [1.165, 1.54) is 62.4 Å². The number of nitrogens with zero attached hydrogens (tertiary/aromatic N) is 2. The van der Waals surface area contributed by atoms with E-state index in [0.29, 0.717) is 33.9 Å². The van der Waals surface area contributed by atoms with Crippen LogP contribution in [0.2, 0.25) is 0 Å². The predicted octanol–water partition coefficient (Wildman–Crippen LogP) is 3.24. The van der Waals surface area contributed by atoms with Gasteiger partial charge in [-0.25, -0.2) is 4.98 Å². The maximum atomic E-state index is 14.3. The zero-order valence-corrected chi connectivity index (χ0v) is 28.2. The summed E-state index contributed by atoms with van der Waals surface area (Å²) in [5.74, 6) is -5.56. The highest BCUT2D eigenvalue weighted by Crippen LogP contribution is 2.79. The standard InChI is InChI=1S/C36H40N4O8S/c1-12-15-4-5-18(38-34-39-19(11-49-34)22-16-7-13-6-14-8-17(22)35(16,9-13)10-14)27(41)21(15)28(42)23-20(12)29(43)25-26(40(2)3)30(44)24(33(37)47)32(46)36(25,48)31(23)45/h4-5,11-14,16-17,20,22,25-26,29,41-43,46,48H,6-10H2,1-3H3,(H2,37,47)(H,38,39)/t12-,13?,14?,16?,17?,20+,22?,25+,26-,29-,35?,36-/m1/s1. The minimum absolute atomic E-state index is 0.0577. The van der Waals surface area contributed by atoms with Gasteiger partial charge < -0.3 is 36.6 Å². The Kier molecular flexibility index (Phi) is 6.32. The van der Waals surface area contributed by atoms with Crippen LogP contribution in [0.25, 0.3) is 5.76 Å². The fourth-order valence-corrected chi connectivity index (χ4v) is 12.9. The minimum Gasteiger partial charge on any atom is -0.508 e. The number of likely N-dealkylation sites (N-methyl/N-ethyl adjacent to an activating group) is 1. The first-order valence-electron chi connectivity index (χ1n) is 17.1. The molecule has 13 heteroatoms. The number of aliphatic hydroxyl groups is 4. The van der Waals surface area contributed by atoms with Crippen LogP contribution in [0, 0.1) is 40.9 Å². The Bertz CT molecular complexity index is 1930. The summed E-state index contributed by atoms with van der Waals surface area (Å²) in [6.07, 6.45) is 5.09. The van der Waals surface area contributed by atoms with Gasteiger partial charge in [-0.15, -0.1) is 11.3 Å². The number of carbonyl (C=O) groups is 3. The number of phenols is 1. The molecule has 1 spiro atoms. The lowest BCUT2D eigenvalue weighted by Gasteiger charge is -2.55. The van der Waals surface area contributed by atoms with Gasteiger partial charge in [0.1, 0.15) is 22.8 Å². The van der Waals surface area contributed by atoms with Crippen molar-refractivity contribution in [2.24, 2.45) is 46.7 Å². The van der Waals surface area contributed by atoms with E-state index < -0.39 is 75.6 Å². The number of thiazole rings is 1. The zero-order valence-electron chi connectivity index (χ0n) is 27.4. The molecule has 3 bridgehead atoms. The summed E-state index contributed by atoms with van der Waals surface area (Å²) in [6.45, 7) is 1.71. The molecule has 1 aromatic carbocycles. The topological polar surface area (TPSA) is 207 Å². The molecule has 1 amide bonds. The molecule has 9 rings (SSSR count). The number of rotatable bonds is 5. The summed E-state index contributed by atoms with van der Waals surface area (Å²) in [5, 5.41) is 64.1. The number of aliphatic hydroxyl groups excluding tert-OH is 3. The highest BCUT2D eigenvalue weighted by Gasteiger charge is 2.72. The Hall–Kier alpha value is -3.78. The number of ketones is 2. The van der Waals surface area contributed by atoms with Crippen molar-refractivity contribution in [1.29, 1.82) is 0 Å². The molecule has 4 unspecified atom stereocenters. The molecule has 2 aromatic rings. The second-order valence-corrected chi connectivity index (χ2v) is 16.9. The van der Waals surface area contributed by atoms with Gasteiger partial charge in [0, 0.05) is 22.8 Å². The fourth-order valence-electron chi connectivity index (χ4n) is 12.1. The van der Waals surface area contributed by atoms with Crippen LogP contribution in [0.4, 0.5) is 10.8 Å². The number of hydrogen-bond acceptors (Lipinski definition) is 12. The number of nitrogens with two attached hydrogens (primary N) is 1. The lowest BCUT2D eigenvalue weighted by atomic mass is 9.49. The first kappa shape index (κ1) is 31.2. The van der Waals surface area contributed by atoms with Crippen molar-refractivity contribution in [1.82, 2.24) is 9.88 Å². The number of benzene rings is 1. The van der Waals surface area contributed by atoms with E-state index in [4.69, 9.17) is 10.7 Å². The minimum atomic E-state index is -2.95. The molecule has 1 heterocycles. The maximum Gasteiger partial charge on any atom is 0.255 e. The van der Waals surface area contributed by atoms with Gasteiger partial charge in [-0.2, -0.15) is 0 Å². The molecule has 7 aliphatic carbocycles. The Morgan fingerprint density at radius 2 is 1.73 bits per heavy atom. The average molecular weight is 689 g/mol. The predicted molar refractivity (Wildman–Crippen MR) is 178 cm³/mol. The monoisotopic (exact) mass is 688 g/mol. The number of amides is 1. The maximum absolute atomic E-state index is 14.3.